The summed E-state index contributed by atoms with van der Waals surface area (Å²) < 4.78 is 86.5. The Balaban J connectivity index is 2.57. The van der Waals surface area contributed by atoms with Crippen LogP contribution < -0.4 is 15.3 Å². The zero-order chi connectivity index (χ0) is 32.3. The van der Waals surface area contributed by atoms with Crippen molar-refractivity contribution in [3.05, 3.63) is 48.0 Å². The molecule has 0 aliphatic heterocycles. The maximum absolute atomic E-state index is 13.8. The monoisotopic (exact) mass is 662 g/mol. The summed E-state index contributed by atoms with van der Waals surface area (Å²) in [5.41, 5.74) is 0.436. The number of aryl methyl sites for hydroxylation is 1. The highest BCUT2D eigenvalue weighted by molar-refractivity contribution is 7.85. The summed E-state index contributed by atoms with van der Waals surface area (Å²) in [5.74, 6) is -2.23. The number of hydrogen-bond acceptors (Lipinski definition) is 11. The molecule has 0 aliphatic carbocycles. The van der Waals surface area contributed by atoms with Crippen molar-refractivity contribution in [3.8, 4) is 11.5 Å². The minimum Gasteiger partial charge on any atom is -0.456 e. The lowest BCUT2D eigenvalue weighted by Gasteiger charge is -2.22. The first-order valence-corrected chi connectivity index (χ1v) is 18.0. The van der Waals surface area contributed by atoms with Crippen LogP contribution in [-0.4, -0.2) is 43.2 Å². The molecule has 240 valence electrons. The van der Waals surface area contributed by atoms with Gasteiger partial charge in [0.25, 0.3) is 10.1 Å². The molecule has 12 nitrogen and oxygen atoms in total. The highest BCUT2D eigenvalue weighted by atomic mass is 32.2. The number of hydrogen-bond donors (Lipinski definition) is 1. The van der Waals surface area contributed by atoms with Crippen molar-refractivity contribution in [3.63, 3.8) is 0 Å². The highest BCUT2D eigenvalue weighted by Gasteiger charge is 2.28. The van der Waals surface area contributed by atoms with Crippen LogP contribution in [0.2, 0.25) is 0 Å². The molecule has 0 heterocycles. The van der Waals surface area contributed by atoms with Crippen LogP contribution in [0, 0.1) is 11.8 Å². The summed E-state index contributed by atoms with van der Waals surface area (Å²) in [6.45, 7) is 9.38. The number of carbonyl (C=O) groups is 2. The van der Waals surface area contributed by atoms with Crippen molar-refractivity contribution >= 4 is 48.7 Å². The lowest BCUT2D eigenvalue weighted by atomic mass is 10.1. The van der Waals surface area contributed by atoms with Gasteiger partial charge in [-0.2, -0.15) is 8.42 Å². The molecule has 2 aromatic carbocycles. The van der Waals surface area contributed by atoms with Gasteiger partial charge in [-0.25, -0.2) is 0 Å². The SMILES string of the molecule is CC(OC(=O)C(C)C)O[PH](=O)c1ccc(CCCCS(=O)(=O)O)c([PH](=O)OC(C)OC(=O)C(C)C)c1Oc1ccccc1. The van der Waals surface area contributed by atoms with E-state index in [1.165, 1.54) is 19.9 Å². The third-order valence-corrected chi connectivity index (χ3v) is 9.47. The van der Waals surface area contributed by atoms with Crippen molar-refractivity contribution in [2.24, 2.45) is 11.8 Å². The number of para-hydroxylation sites is 1. The molecular weight excluding hydrogens is 622 g/mol. The van der Waals surface area contributed by atoms with Gasteiger partial charge in [0.2, 0.25) is 28.6 Å². The average molecular weight is 663 g/mol. The molecule has 0 aliphatic rings. The molecular formula is C28H40O12P2S. The molecule has 0 bridgehead atoms. The largest absolute Gasteiger partial charge is 0.456 e. The molecule has 0 aromatic heterocycles. The Kier molecular flexibility index (Phi) is 14.6. The molecule has 2 aromatic rings. The topological polar surface area (TPSA) is 169 Å². The van der Waals surface area contributed by atoms with Gasteiger partial charge in [-0.1, -0.05) is 52.0 Å². The predicted molar refractivity (Wildman–Crippen MR) is 163 cm³/mol. The molecule has 0 spiro atoms. The fourth-order valence-electron chi connectivity index (χ4n) is 3.60. The van der Waals surface area contributed by atoms with Crippen molar-refractivity contribution in [1.29, 1.82) is 0 Å². The molecule has 4 atom stereocenters. The first-order valence-electron chi connectivity index (χ1n) is 13.8. The first kappa shape index (κ1) is 36.7. The van der Waals surface area contributed by atoms with Gasteiger partial charge in [-0.15, -0.1) is 0 Å². The predicted octanol–water partition coefficient (Wildman–Crippen LogP) is 5.01. The smallest absolute Gasteiger partial charge is 0.310 e. The Hall–Kier alpha value is -2.53. The Morgan fingerprint density at radius 1 is 0.791 bits per heavy atom. The van der Waals surface area contributed by atoms with E-state index in [0.29, 0.717) is 11.3 Å². The lowest BCUT2D eigenvalue weighted by Crippen LogP contribution is -2.24. The van der Waals surface area contributed by atoms with Crippen LogP contribution in [0.25, 0.3) is 0 Å². The summed E-state index contributed by atoms with van der Waals surface area (Å²) >= 11 is 0. The molecule has 0 saturated carbocycles. The quantitative estimate of drug-likeness (QED) is 0.0791. The Bertz CT molecular complexity index is 1390. The van der Waals surface area contributed by atoms with E-state index in [1.54, 1.807) is 64.1 Å². The maximum Gasteiger partial charge on any atom is 0.310 e. The van der Waals surface area contributed by atoms with Gasteiger partial charge in [0.15, 0.2) is 5.75 Å². The molecule has 2 rings (SSSR count). The first-order chi connectivity index (χ1) is 20.1. The van der Waals surface area contributed by atoms with E-state index < -0.39 is 68.3 Å². The second-order valence-electron chi connectivity index (χ2n) is 10.3. The summed E-state index contributed by atoms with van der Waals surface area (Å²) in [4.78, 5) is 24.1. The minimum atomic E-state index is -4.18. The van der Waals surface area contributed by atoms with E-state index in [0.717, 1.165) is 0 Å². The molecule has 4 unspecified atom stereocenters. The number of carbonyl (C=O) groups excluding carboxylic acids is 2. The minimum absolute atomic E-state index is 0.0340. The number of esters is 2. The van der Waals surface area contributed by atoms with Gasteiger partial charge in [-0.3, -0.25) is 32.3 Å². The van der Waals surface area contributed by atoms with Crippen LogP contribution in [0.3, 0.4) is 0 Å². The Labute approximate surface area is 253 Å². The van der Waals surface area contributed by atoms with Gasteiger partial charge >= 0.3 is 11.9 Å². The van der Waals surface area contributed by atoms with Crippen LogP contribution in [-0.2, 0) is 53.8 Å². The van der Waals surface area contributed by atoms with Gasteiger partial charge in [0, 0.05) is 0 Å². The number of benzene rings is 2. The van der Waals surface area contributed by atoms with E-state index in [4.69, 9.17) is 27.8 Å². The molecule has 15 heteroatoms. The summed E-state index contributed by atoms with van der Waals surface area (Å²) in [6.07, 6.45) is -1.79. The van der Waals surface area contributed by atoms with Crippen molar-refractivity contribution in [2.75, 3.05) is 5.75 Å². The third kappa shape index (κ3) is 12.5. The van der Waals surface area contributed by atoms with Gasteiger partial charge in [0.1, 0.15) is 5.75 Å². The van der Waals surface area contributed by atoms with Crippen LogP contribution in [0.1, 0.15) is 59.9 Å². The van der Waals surface area contributed by atoms with E-state index in [-0.39, 0.29) is 35.6 Å². The summed E-state index contributed by atoms with van der Waals surface area (Å²) in [6, 6.07) is 11.4. The fraction of sp³-hybridized carbons (Fsp3) is 0.500. The van der Waals surface area contributed by atoms with Crippen molar-refractivity contribution < 1.29 is 54.9 Å². The van der Waals surface area contributed by atoms with E-state index in [9.17, 15) is 27.1 Å². The van der Waals surface area contributed by atoms with Crippen LogP contribution in [0.5, 0.6) is 11.5 Å². The Morgan fingerprint density at radius 3 is 1.84 bits per heavy atom. The molecule has 0 fully saturated rings. The molecule has 43 heavy (non-hydrogen) atoms. The van der Waals surface area contributed by atoms with E-state index >= 15 is 0 Å². The lowest BCUT2D eigenvalue weighted by molar-refractivity contribution is -0.165. The standard InChI is InChI=1S/C28H40O12P2S/c1-18(2)27(29)36-20(5)39-41(31)24-16-15-22(12-10-11-17-43(33,34)35)26(25(24)38-23-13-8-7-9-14-23)42(32)40-21(6)37-28(30)19(3)4/h7-9,13-16,18-21,41-42H,10-12,17H2,1-6H3,(H,33,34,35). The third-order valence-electron chi connectivity index (χ3n) is 5.78. The zero-order valence-electron chi connectivity index (χ0n) is 25.0. The van der Waals surface area contributed by atoms with Gasteiger partial charge in [0.05, 0.1) is 28.2 Å². The molecule has 0 amide bonds. The van der Waals surface area contributed by atoms with Crippen molar-refractivity contribution in [1.82, 2.24) is 0 Å². The number of unbranched alkanes of at least 4 members (excludes halogenated alkanes) is 1. The van der Waals surface area contributed by atoms with Crippen LogP contribution >= 0.6 is 16.1 Å². The van der Waals surface area contributed by atoms with Crippen molar-refractivity contribution in [2.45, 2.75) is 73.4 Å². The second kappa shape index (κ2) is 17.1. The van der Waals surface area contributed by atoms with Crippen LogP contribution in [0.4, 0.5) is 0 Å². The van der Waals surface area contributed by atoms with Crippen LogP contribution in [0.15, 0.2) is 42.5 Å². The highest BCUT2D eigenvalue weighted by Crippen LogP contribution is 2.38. The average Bonchev–Trinajstić information content (AvgIpc) is 2.90. The zero-order valence-corrected chi connectivity index (χ0v) is 27.8. The molecule has 1 N–H and O–H groups in total. The van der Waals surface area contributed by atoms with Gasteiger partial charge in [-0.05, 0) is 56.9 Å². The number of rotatable bonds is 17. The van der Waals surface area contributed by atoms with Gasteiger partial charge < -0.3 is 14.2 Å². The summed E-state index contributed by atoms with van der Waals surface area (Å²) in [5, 5.41) is 0.0752. The fourth-order valence-corrected chi connectivity index (χ4v) is 6.66. The Morgan fingerprint density at radius 2 is 1.33 bits per heavy atom. The normalized spacial score (nSPS) is 14.6. The van der Waals surface area contributed by atoms with E-state index in [2.05, 4.69) is 0 Å². The summed E-state index contributed by atoms with van der Waals surface area (Å²) in [7, 11) is -10.6. The molecule has 0 radical (unpaired) electrons. The molecule has 0 saturated heterocycles. The van der Waals surface area contributed by atoms with E-state index in [1.807, 2.05) is 0 Å². The maximum atomic E-state index is 13.8. The second-order valence-corrected chi connectivity index (χ2v) is 14.5. The number of ether oxygens (including phenoxy) is 3.